The van der Waals surface area contributed by atoms with Gasteiger partial charge in [0.1, 0.15) is 23.2 Å². The van der Waals surface area contributed by atoms with Crippen LogP contribution in [0.25, 0.3) is 22.1 Å². The van der Waals surface area contributed by atoms with E-state index >= 15 is 8.78 Å². The van der Waals surface area contributed by atoms with Crippen LogP contribution >= 0.6 is 0 Å². The fourth-order valence-electron chi connectivity index (χ4n) is 6.18. The smallest absolute Gasteiger partial charge is 0.324 e. The molecule has 0 bridgehead atoms. The highest BCUT2D eigenvalue weighted by atomic mass is 19.3. The molecule has 2 aliphatic rings. The third-order valence-electron chi connectivity index (χ3n) is 8.94. The SMILES string of the molecule is C=C/C(F)=C\C=C(/CN)NC(O)C1CCN(C(=O)C(F)(F)CCCCC(F)(F)c2nc(N3CCCC3)c3oc4ccccc4c3n2)CC1.CO. The number of anilines is 1. The van der Waals surface area contributed by atoms with E-state index in [-0.39, 0.29) is 56.8 Å². The van der Waals surface area contributed by atoms with Gasteiger partial charge in [0.05, 0.1) is 0 Å². The molecule has 274 valence electrons. The number of nitrogens with one attached hydrogen (secondary N) is 1. The van der Waals surface area contributed by atoms with E-state index in [1.807, 2.05) is 4.90 Å². The van der Waals surface area contributed by atoms with Gasteiger partial charge in [-0.25, -0.2) is 14.4 Å². The summed E-state index contributed by atoms with van der Waals surface area (Å²) in [6.45, 7) is 4.58. The van der Waals surface area contributed by atoms with Crippen molar-refractivity contribution in [3.63, 3.8) is 0 Å². The quantitative estimate of drug-likeness (QED) is 0.0698. The Balaban J connectivity index is 0.00000276. The number of para-hydroxylation sites is 1. The van der Waals surface area contributed by atoms with Gasteiger partial charge in [-0.3, -0.25) is 4.79 Å². The van der Waals surface area contributed by atoms with Crippen LogP contribution in [-0.2, 0) is 10.7 Å². The maximum atomic E-state index is 15.5. The number of halogens is 5. The Kier molecular flexibility index (Phi) is 13.3. The molecule has 1 unspecified atom stereocenters. The Morgan fingerprint density at radius 3 is 2.40 bits per heavy atom. The zero-order valence-corrected chi connectivity index (χ0v) is 28.1. The van der Waals surface area contributed by atoms with Crippen molar-refractivity contribution in [2.24, 2.45) is 11.7 Å². The molecule has 0 aliphatic carbocycles. The number of allylic oxidation sites excluding steroid dienone is 4. The number of carbonyl (C=O) groups is 1. The molecule has 2 aliphatic heterocycles. The number of unbranched alkanes of at least 4 members (excludes halogenated alkanes) is 1. The van der Waals surface area contributed by atoms with Gasteiger partial charge in [-0.05, 0) is 68.9 Å². The lowest BCUT2D eigenvalue weighted by molar-refractivity contribution is -0.160. The van der Waals surface area contributed by atoms with Gasteiger partial charge in [-0.1, -0.05) is 18.7 Å². The number of hydrogen-bond acceptors (Lipinski definition) is 9. The average molecular weight is 709 g/mol. The summed E-state index contributed by atoms with van der Waals surface area (Å²) in [5.41, 5.74) is 7.15. The van der Waals surface area contributed by atoms with Crippen molar-refractivity contribution in [3.8, 4) is 0 Å². The highest BCUT2D eigenvalue weighted by Crippen LogP contribution is 2.39. The van der Waals surface area contributed by atoms with Crippen molar-refractivity contribution in [2.45, 2.75) is 69.4 Å². The minimum Gasteiger partial charge on any atom is -0.450 e. The molecular formula is C35H45F5N6O4. The van der Waals surface area contributed by atoms with Crippen molar-refractivity contribution in [2.75, 3.05) is 44.7 Å². The molecule has 5 rings (SSSR count). The number of furan rings is 1. The Morgan fingerprint density at radius 2 is 1.74 bits per heavy atom. The van der Waals surface area contributed by atoms with Crippen molar-refractivity contribution >= 4 is 33.8 Å². The molecular weight excluding hydrogens is 663 g/mol. The number of rotatable bonds is 14. The van der Waals surface area contributed by atoms with Gasteiger partial charge in [0, 0.05) is 69.7 Å². The second-order valence-corrected chi connectivity index (χ2v) is 12.3. The number of likely N-dealkylation sites (tertiary alicyclic amines) is 1. The molecule has 1 aromatic carbocycles. The summed E-state index contributed by atoms with van der Waals surface area (Å²) in [6, 6.07) is 7.02. The maximum absolute atomic E-state index is 15.5. The summed E-state index contributed by atoms with van der Waals surface area (Å²) in [6.07, 6.45) is 2.50. The molecule has 4 heterocycles. The van der Waals surface area contributed by atoms with E-state index in [1.54, 1.807) is 24.3 Å². The average Bonchev–Trinajstić information content (AvgIpc) is 3.80. The van der Waals surface area contributed by atoms with Crippen molar-refractivity contribution in [1.29, 1.82) is 0 Å². The van der Waals surface area contributed by atoms with Crippen LogP contribution in [0.5, 0.6) is 0 Å². The third-order valence-corrected chi connectivity index (χ3v) is 8.94. The number of benzene rings is 1. The van der Waals surface area contributed by atoms with E-state index in [4.69, 9.17) is 15.3 Å². The number of carbonyl (C=O) groups excluding carboxylic acids is 1. The second-order valence-electron chi connectivity index (χ2n) is 12.3. The number of aliphatic hydroxyl groups is 2. The van der Waals surface area contributed by atoms with E-state index in [2.05, 4.69) is 21.9 Å². The van der Waals surface area contributed by atoms with Crippen molar-refractivity contribution < 1.29 is 41.4 Å². The summed E-state index contributed by atoms with van der Waals surface area (Å²) < 4.78 is 80.3. The van der Waals surface area contributed by atoms with E-state index in [0.717, 1.165) is 37.0 Å². The molecule has 2 aromatic heterocycles. The summed E-state index contributed by atoms with van der Waals surface area (Å²) >= 11 is 0. The molecule has 3 aromatic rings. The highest BCUT2D eigenvalue weighted by molar-refractivity contribution is 6.05. The molecule has 0 saturated carbocycles. The molecule has 0 radical (unpaired) electrons. The Bertz CT molecular complexity index is 1670. The third kappa shape index (κ3) is 9.17. The van der Waals surface area contributed by atoms with E-state index in [9.17, 15) is 23.1 Å². The highest BCUT2D eigenvalue weighted by Gasteiger charge is 2.43. The number of alkyl halides is 4. The first-order valence-corrected chi connectivity index (χ1v) is 16.7. The van der Waals surface area contributed by atoms with Crippen LogP contribution in [0.15, 0.2) is 65.0 Å². The Morgan fingerprint density at radius 1 is 1.08 bits per heavy atom. The number of hydrogen-bond donors (Lipinski definition) is 4. The van der Waals surface area contributed by atoms with Crippen LogP contribution in [0, 0.1) is 5.92 Å². The minimum atomic E-state index is -3.73. The number of piperidine rings is 1. The van der Waals surface area contributed by atoms with Crippen LogP contribution < -0.4 is 16.0 Å². The maximum Gasteiger partial charge on any atom is 0.324 e. The topological polar surface area (TPSA) is 141 Å². The first-order chi connectivity index (χ1) is 23.9. The number of aromatic nitrogens is 2. The number of fused-ring (bicyclic) bond motifs is 3. The van der Waals surface area contributed by atoms with Crippen LogP contribution in [0.1, 0.15) is 57.2 Å². The summed E-state index contributed by atoms with van der Waals surface area (Å²) in [5, 5.41) is 20.9. The fourth-order valence-corrected chi connectivity index (χ4v) is 6.18. The molecule has 2 fully saturated rings. The lowest BCUT2D eigenvalue weighted by atomic mass is 9.94. The molecule has 5 N–H and O–H groups in total. The van der Waals surface area contributed by atoms with Gasteiger partial charge in [0.15, 0.2) is 11.4 Å². The minimum absolute atomic E-state index is 0.00304. The van der Waals surface area contributed by atoms with Crippen molar-refractivity contribution in [1.82, 2.24) is 20.2 Å². The van der Waals surface area contributed by atoms with Gasteiger partial charge in [0.25, 0.3) is 5.91 Å². The van der Waals surface area contributed by atoms with E-state index in [0.29, 0.717) is 41.2 Å². The zero-order chi connectivity index (χ0) is 36.5. The summed E-state index contributed by atoms with van der Waals surface area (Å²) in [7, 11) is 1.00. The van der Waals surface area contributed by atoms with E-state index in [1.165, 1.54) is 6.08 Å². The van der Waals surface area contributed by atoms with Gasteiger partial charge < -0.3 is 35.5 Å². The molecule has 15 heteroatoms. The standard InChI is InChI=1S/C34H41F5N6O3.CH4O/c1-2-23(35)11-12-24(21-40)41-30(46)22-13-19-45(20-14-22)32(47)34(38,39)16-6-5-15-33(36,37)31-42-27-25-9-3-4-10-26(25)48-28(27)29(43-31)44-17-7-8-18-44;1-2/h2-4,9-12,22,30,41,46H,1,5-8,13-21,40H2;2H,1H3/b23-11+,24-12+;. The number of nitrogens with two attached hydrogens (primary N) is 1. The van der Waals surface area contributed by atoms with Crippen LogP contribution in [0.3, 0.4) is 0 Å². The van der Waals surface area contributed by atoms with Gasteiger partial charge in [-0.2, -0.15) is 17.6 Å². The second kappa shape index (κ2) is 17.2. The molecule has 10 nitrogen and oxygen atoms in total. The van der Waals surface area contributed by atoms with Crippen LogP contribution in [0.4, 0.5) is 27.8 Å². The van der Waals surface area contributed by atoms with Gasteiger partial charge in [0.2, 0.25) is 5.82 Å². The number of nitrogens with zero attached hydrogens (tertiary/aromatic N) is 4. The van der Waals surface area contributed by atoms with Crippen LogP contribution in [-0.4, -0.2) is 83.0 Å². The number of aliphatic hydroxyl groups excluding tert-OH is 2. The zero-order valence-electron chi connectivity index (χ0n) is 28.1. The Hall–Kier alpha value is -4.08. The molecule has 50 heavy (non-hydrogen) atoms. The normalized spacial score (nSPS) is 17.2. The molecule has 1 amide bonds. The molecule has 1 atom stereocenters. The first-order valence-electron chi connectivity index (χ1n) is 16.7. The van der Waals surface area contributed by atoms with E-state index < -0.39 is 48.5 Å². The molecule has 0 spiro atoms. The van der Waals surface area contributed by atoms with Crippen molar-refractivity contribution in [3.05, 3.63) is 66.4 Å². The monoisotopic (exact) mass is 708 g/mol. The summed E-state index contributed by atoms with van der Waals surface area (Å²) in [4.78, 5) is 24.1. The lowest BCUT2D eigenvalue weighted by Crippen LogP contribution is -2.50. The van der Waals surface area contributed by atoms with Gasteiger partial charge in [-0.15, -0.1) is 0 Å². The predicted octanol–water partition coefficient (Wildman–Crippen LogP) is 5.90. The van der Waals surface area contributed by atoms with Crippen LogP contribution in [0.2, 0.25) is 0 Å². The summed E-state index contributed by atoms with van der Waals surface area (Å²) in [5.74, 6) is -9.91. The number of amides is 1. The predicted molar refractivity (Wildman–Crippen MR) is 181 cm³/mol. The first kappa shape index (κ1) is 38.7. The lowest BCUT2D eigenvalue weighted by Gasteiger charge is -2.36. The fraction of sp³-hybridized carbons (Fsp3) is 0.514. The molecule has 2 saturated heterocycles. The largest absolute Gasteiger partial charge is 0.450 e. The van der Waals surface area contributed by atoms with Gasteiger partial charge >= 0.3 is 11.8 Å². The Labute approximate surface area is 287 Å².